The van der Waals surface area contributed by atoms with Gasteiger partial charge in [0.15, 0.2) is 0 Å². The van der Waals surface area contributed by atoms with Crippen LogP contribution >= 0.6 is 0 Å². The third-order valence-corrected chi connectivity index (χ3v) is 8.54. The van der Waals surface area contributed by atoms with Crippen LogP contribution in [0.4, 0.5) is 0 Å². The molecule has 160 valence electrons. The van der Waals surface area contributed by atoms with E-state index in [2.05, 4.69) is 76.2 Å². The SMILES string of the molecule is Cc1oc2c(C)c(C)c3c(c2c1C)OC1(OC(C)(C)C(C)(C)O1)C(C)(C)C3(C)C. The summed E-state index contributed by atoms with van der Waals surface area (Å²) in [5.74, 6) is 0.573. The first kappa shape index (κ1) is 20.7. The van der Waals surface area contributed by atoms with Gasteiger partial charge in [-0.15, -0.1) is 0 Å². The van der Waals surface area contributed by atoms with Crippen molar-refractivity contribution in [2.45, 2.75) is 106 Å². The number of benzene rings is 1. The van der Waals surface area contributed by atoms with E-state index >= 15 is 0 Å². The maximum absolute atomic E-state index is 6.84. The largest absolute Gasteiger partial charge is 0.461 e. The average Bonchev–Trinajstić information content (AvgIpc) is 2.95. The Kier molecular flexibility index (Phi) is 3.85. The molecule has 1 aromatic heterocycles. The molecule has 4 nitrogen and oxygen atoms in total. The van der Waals surface area contributed by atoms with E-state index in [0.29, 0.717) is 0 Å². The highest BCUT2D eigenvalue weighted by Gasteiger charge is 2.71. The van der Waals surface area contributed by atoms with E-state index in [1.165, 1.54) is 16.7 Å². The highest BCUT2D eigenvalue weighted by atomic mass is 16.9. The van der Waals surface area contributed by atoms with Crippen LogP contribution in [-0.2, 0) is 14.9 Å². The molecule has 2 aromatic rings. The monoisotopic (exact) mass is 400 g/mol. The molecule has 1 saturated heterocycles. The Hall–Kier alpha value is -1.52. The molecular weight excluding hydrogens is 364 g/mol. The first-order valence-electron chi connectivity index (χ1n) is 10.6. The molecule has 0 bridgehead atoms. The Bertz CT molecular complexity index is 1020. The molecule has 3 heterocycles. The summed E-state index contributed by atoms with van der Waals surface area (Å²) in [7, 11) is 0. The normalized spacial score (nSPS) is 25.2. The number of fused-ring (bicyclic) bond motifs is 3. The van der Waals surface area contributed by atoms with Crippen LogP contribution in [0.25, 0.3) is 11.0 Å². The first-order valence-corrected chi connectivity index (χ1v) is 10.6. The van der Waals surface area contributed by atoms with E-state index in [9.17, 15) is 0 Å². The van der Waals surface area contributed by atoms with E-state index < -0.39 is 22.6 Å². The standard InChI is InChI=1S/C25H36O4/c1-13-14(2)19-17(15(3)16(4)26-19)20-18(13)21(5,6)22(7,8)25(27-20)28-23(9,10)24(11,12)29-25/h1-12H3. The molecule has 1 spiro atoms. The molecule has 1 fully saturated rings. The van der Waals surface area contributed by atoms with Gasteiger partial charge in [-0.25, -0.2) is 0 Å². The summed E-state index contributed by atoms with van der Waals surface area (Å²) in [6.07, 6.45) is 0. The van der Waals surface area contributed by atoms with Gasteiger partial charge >= 0.3 is 5.97 Å². The number of hydrogen-bond donors (Lipinski definition) is 0. The second-order valence-corrected chi connectivity index (χ2v) is 11.1. The summed E-state index contributed by atoms with van der Waals surface area (Å²) in [5, 5.41) is 1.04. The maximum Gasteiger partial charge on any atom is 0.334 e. The van der Waals surface area contributed by atoms with Gasteiger partial charge < -0.3 is 18.6 Å². The van der Waals surface area contributed by atoms with Crippen LogP contribution in [-0.4, -0.2) is 17.2 Å². The minimum atomic E-state index is -1.19. The number of rotatable bonds is 0. The van der Waals surface area contributed by atoms with Gasteiger partial charge in [-0.05, 0) is 66.5 Å². The lowest BCUT2D eigenvalue weighted by atomic mass is 9.59. The first-order chi connectivity index (χ1) is 13.0. The van der Waals surface area contributed by atoms with Crippen LogP contribution in [0.1, 0.15) is 83.4 Å². The van der Waals surface area contributed by atoms with Crippen LogP contribution in [0.3, 0.4) is 0 Å². The fraction of sp³-hybridized carbons (Fsp3) is 0.680. The summed E-state index contributed by atoms with van der Waals surface area (Å²) in [6.45, 7) is 25.7. The summed E-state index contributed by atoms with van der Waals surface area (Å²) in [6, 6.07) is 0. The molecule has 2 aliphatic rings. The molecule has 0 radical (unpaired) electrons. The minimum absolute atomic E-state index is 0.266. The van der Waals surface area contributed by atoms with Crippen LogP contribution < -0.4 is 4.74 Å². The third kappa shape index (κ3) is 2.22. The van der Waals surface area contributed by atoms with Crippen molar-refractivity contribution in [1.29, 1.82) is 0 Å². The molecule has 0 N–H and O–H groups in total. The molecular formula is C25H36O4. The van der Waals surface area contributed by atoms with Crippen LogP contribution in [0.2, 0.25) is 0 Å². The van der Waals surface area contributed by atoms with E-state index in [-0.39, 0.29) is 5.41 Å². The van der Waals surface area contributed by atoms with E-state index in [1.807, 2.05) is 6.92 Å². The Labute approximate surface area is 174 Å². The van der Waals surface area contributed by atoms with Crippen molar-refractivity contribution in [3.8, 4) is 5.75 Å². The molecule has 0 unspecified atom stereocenters. The summed E-state index contributed by atoms with van der Waals surface area (Å²) in [4.78, 5) is 0. The molecule has 4 rings (SSSR count). The van der Waals surface area contributed by atoms with Crippen LogP contribution in [0.15, 0.2) is 4.42 Å². The van der Waals surface area contributed by atoms with E-state index in [4.69, 9.17) is 18.6 Å². The molecule has 4 heteroatoms. The summed E-state index contributed by atoms with van der Waals surface area (Å²) in [5.41, 5.74) is 3.90. The molecule has 29 heavy (non-hydrogen) atoms. The molecule has 0 atom stereocenters. The Morgan fingerprint density at radius 3 is 1.69 bits per heavy atom. The van der Waals surface area contributed by atoms with Crippen LogP contribution in [0.5, 0.6) is 5.75 Å². The highest BCUT2D eigenvalue weighted by molar-refractivity contribution is 5.94. The number of aryl methyl sites for hydroxylation is 3. The van der Waals surface area contributed by atoms with Gasteiger partial charge in [0.25, 0.3) is 0 Å². The van der Waals surface area contributed by atoms with Crippen LogP contribution in [0, 0.1) is 33.1 Å². The molecule has 1 aromatic carbocycles. The van der Waals surface area contributed by atoms with Crippen molar-refractivity contribution in [2.75, 3.05) is 0 Å². The van der Waals surface area contributed by atoms with E-state index in [0.717, 1.165) is 28.0 Å². The Morgan fingerprint density at radius 1 is 0.655 bits per heavy atom. The van der Waals surface area contributed by atoms with Crippen molar-refractivity contribution in [3.63, 3.8) is 0 Å². The molecule has 0 aliphatic carbocycles. The number of ether oxygens (including phenoxy) is 3. The van der Waals surface area contributed by atoms with Gasteiger partial charge in [-0.1, -0.05) is 27.7 Å². The zero-order chi connectivity index (χ0) is 21.9. The lowest BCUT2D eigenvalue weighted by Crippen LogP contribution is -2.62. The van der Waals surface area contributed by atoms with Crippen molar-refractivity contribution in [1.82, 2.24) is 0 Å². The summed E-state index contributed by atoms with van der Waals surface area (Å²) < 4.78 is 26.4. The Balaban J connectivity index is 2.11. The van der Waals surface area contributed by atoms with Gasteiger partial charge in [-0.2, -0.15) is 0 Å². The lowest BCUT2D eigenvalue weighted by molar-refractivity contribution is -0.381. The van der Waals surface area contributed by atoms with Crippen molar-refractivity contribution in [3.05, 3.63) is 28.0 Å². The maximum atomic E-state index is 6.84. The van der Waals surface area contributed by atoms with Crippen molar-refractivity contribution in [2.24, 2.45) is 5.41 Å². The molecule has 2 aliphatic heterocycles. The van der Waals surface area contributed by atoms with Crippen molar-refractivity contribution < 1.29 is 18.6 Å². The fourth-order valence-corrected chi connectivity index (χ4v) is 4.86. The fourth-order valence-electron chi connectivity index (χ4n) is 4.86. The quantitative estimate of drug-likeness (QED) is 0.498. The number of hydrogen-bond acceptors (Lipinski definition) is 4. The highest BCUT2D eigenvalue weighted by Crippen LogP contribution is 2.64. The zero-order valence-electron chi connectivity index (χ0n) is 20.1. The van der Waals surface area contributed by atoms with Gasteiger partial charge in [0.2, 0.25) is 0 Å². The van der Waals surface area contributed by atoms with Gasteiger partial charge in [0.05, 0.1) is 22.0 Å². The summed E-state index contributed by atoms with van der Waals surface area (Å²) >= 11 is 0. The van der Waals surface area contributed by atoms with E-state index in [1.54, 1.807) is 0 Å². The third-order valence-electron chi connectivity index (χ3n) is 8.54. The second kappa shape index (κ2) is 5.39. The topological polar surface area (TPSA) is 40.8 Å². The lowest BCUT2D eigenvalue weighted by Gasteiger charge is -2.55. The van der Waals surface area contributed by atoms with Gasteiger partial charge in [0, 0.05) is 16.5 Å². The number of furan rings is 1. The minimum Gasteiger partial charge on any atom is -0.461 e. The second-order valence-electron chi connectivity index (χ2n) is 11.1. The Morgan fingerprint density at radius 2 is 1.17 bits per heavy atom. The smallest absolute Gasteiger partial charge is 0.334 e. The zero-order valence-corrected chi connectivity index (χ0v) is 20.1. The average molecular weight is 401 g/mol. The molecule has 0 amide bonds. The predicted molar refractivity (Wildman–Crippen MR) is 116 cm³/mol. The van der Waals surface area contributed by atoms with Gasteiger partial charge in [-0.3, -0.25) is 0 Å². The predicted octanol–water partition coefficient (Wildman–Crippen LogP) is 6.62. The van der Waals surface area contributed by atoms with Gasteiger partial charge in [0.1, 0.15) is 17.1 Å². The molecule has 0 saturated carbocycles. The van der Waals surface area contributed by atoms with Crippen molar-refractivity contribution >= 4 is 11.0 Å².